The second-order valence-corrected chi connectivity index (χ2v) is 3.29. The molecule has 0 aliphatic carbocycles. The average Bonchev–Trinajstić information content (AvgIpc) is 2.19. The Kier molecular flexibility index (Phi) is 2.36. The lowest BCUT2D eigenvalue weighted by molar-refractivity contribution is 1.12. The zero-order chi connectivity index (χ0) is 9.10. The maximum Gasteiger partial charge on any atom is 0.197 e. The van der Waals surface area contributed by atoms with Gasteiger partial charge in [0.05, 0.1) is 5.69 Å². The first-order valence-electron chi connectivity index (χ1n) is 3.90. The summed E-state index contributed by atoms with van der Waals surface area (Å²) < 4.78 is 0.619. The molecular weight excluding hydrogens is 228 g/mol. The van der Waals surface area contributed by atoms with Crippen LogP contribution in [0.15, 0.2) is 47.3 Å². The molecule has 0 aliphatic heterocycles. The normalized spacial score (nSPS) is 9.92. The first-order valence-corrected chi connectivity index (χ1v) is 4.69. The van der Waals surface area contributed by atoms with Gasteiger partial charge in [-0.15, -0.1) is 0 Å². The zero-order valence-electron chi connectivity index (χ0n) is 6.81. The molecule has 0 amide bonds. The Morgan fingerprint density at radius 1 is 1.00 bits per heavy atom. The van der Waals surface area contributed by atoms with Crippen molar-refractivity contribution >= 4 is 15.9 Å². The molecule has 1 aromatic heterocycles. The van der Waals surface area contributed by atoms with Gasteiger partial charge in [-0.1, -0.05) is 30.3 Å². The van der Waals surface area contributed by atoms with Gasteiger partial charge in [0.25, 0.3) is 0 Å². The smallest absolute Gasteiger partial charge is 0.197 e. The van der Waals surface area contributed by atoms with Crippen molar-refractivity contribution in [1.82, 2.24) is 9.97 Å². The Balaban J connectivity index is 2.48. The fourth-order valence-electron chi connectivity index (χ4n) is 1.10. The molecule has 64 valence electrons. The van der Waals surface area contributed by atoms with Crippen molar-refractivity contribution in [3.63, 3.8) is 0 Å². The summed E-state index contributed by atoms with van der Waals surface area (Å²) in [5.74, 6) is 0. The maximum absolute atomic E-state index is 4.25. The molecule has 0 N–H and O–H groups in total. The van der Waals surface area contributed by atoms with Crippen LogP contribution >= 0.6 is 15.9 Å². The van der Waals surface area contributed by atoms with E-state index in [1.165, 1.54) is 0 Å². The van der Waals surface area contributed by atoms with Crippen molar-refractivity contribution in [3.05, 3.63) is 47.3 Å². The SMILES string of the molecule is Brc1nccc(-c2ccccc2)n1. The monoisotopic (exact) mass is 234 g/mol. The van der Waals surface area contributed by atoms with Gasteiger partial charge in [0.1, 0.15) is 0 Å². The van der Waals surface area contributed by atoms with E-state index in [4.69, 9.17) is 0 Å². The lowest BCUT2D eigenvalue weighted by Gasteiger charge is -1.98. The largest absolute Gasteiger partial charge is 0.231 e. The summed E-state index contributed by atoms with van der Waals surface area (Å²) in [5, 5.41) is 0. The molecule has 13 heavy (non-hydrogen) atoms. The summed E-state index contributed by atoms with van der Waals surface area (Å²) in [4.78, 5) is 8.22. The molecule has 2 aromatic rings. The Morgan fingerprint density at radius 3 is 2.46 bits per heavy atom. The summed E-state index contributed by atoms with van der Waals surface area (Å²) in [6, 6.07) is 11.9. The van der Waals surface area contributed by atoms with Crippen molar-refractivity contribution in [2.75, 3.05) is 0 Å². The van der Waals surface area contributed by atoms with E-state index in [0.29, 0.717) is 4.73 Å². The molecule has 2 rings (SSSR count). The van der Waals surface area contributed by atoms with Gasteiger partial charge in [0, 0.05) is 11.8 Å². The van der Waals surface area contributed by atoms with Crippen molar-refractivity contribution in [2.24, 2.45) is 0 Å². The summed E-state index contributed by atoms with van der Waals surface area (Å²) in [6.07, 6.45) is 1.74. The number of hydrogen-bond acceptors (Lipinski definition) is 2. The molecule has 0 spiro atoms. The highest BCUT2D eigenvalue weighted by molar-refractivity contribution is 9.10. The molecule has 3 heteroatoms. The number of hydrogen-bond donors (Lipinski definition) is 0. The van der Waals surface area contributed by atoms with Crippen LogP contribution in [0.5, 0.6) is 0 Å². The second kappa shape index (κ2) is 3.66. The second-order valence-electron chi connectivity index (χ2n) is 2.58. The zero-order valence-corrected chi connectivity index (χ0v) is 8.40. The van der Waals surface area contributed by atoms with E-state index < -0.39 is 0 Å². The Hall–Kier alpha value is -1.22. The molecule has 0 fully saturated rings. The third-order valence-electron chi connectivity index (χ3n) is 1.70. The Bertz CT molecular complexity index is 401. The van der Waals surface area contributed by atoms with Gasteiger partial charge in [-0.05, 0) is 22.0 Å². The number of benzene rings is 1. The van der Waals surface area contributed by atoms with Crippen LogP contribution in [-0.4, -0.2) is 9.97 Å². The molecule has 0 aliphatic rings. The molecule has 1 aromatic carbocycles. The van der Waals surface area contributed by atoms with Gasteiger partial charge in [0.15, 0.2) is 4.73 Å². The van der Waals surface area contributed by atoms with Gasteiger partial charge >= 0.3 is 0 Å². The number of aromatic nitrogens is 2. The van der Waals surface area contributed by atoms with Crippen LogP contribution in [0.4, 0.5) is 0 Å². The first kappa shape index (κ1) is 8.38. The van der Waals surface area contributed by atoms with Gasteiger partial charge in [-0.2, -0.15) is 0 Å². The lowest BCUT2D eigenvalue weighted by atomic mass is 10.1. The van der Waals surface area contributed by atoms with Gasteiger partial charge in [-0.3, -0.25) is 0 Å². The average molecular weight is 235 g/mol. The fourth-order valence-corrected chi connectivity index (χ4v) is 1.41. The van der Waals surface area contributed by atoms with Crippen LogP contribution in [-0.2, 0) is 0 Å². The summed E-state index contributed by atoms with van der Waals surface area (Å²) in [6.45, 7) is 0. The first-order chi connectivity index (χ1) is 6.36. The number of nitrogens with zero attached hydrogens (tertiary/aromatic N) is 2. The van der Waals surface area contributed by atoms with Crippen LogP contribution < -0.4 is 0 Å². The van der Waals surface area contributed by atoms with Crippen molar-refractivity contribution in [2.45, 2.75) is 0 Å². The molecular formula is C10H7BrN2. The highest BCUT2D eigenvalue weighted by atomic mass is 79.9. The summed E-state index contributed by atoms with van der Waals surface area (Å²) in [7, 11) is 0. The topological polar surface area (TPSA) is 25.8 Å². The number of rotatable bonds is 1. The third-order valence-corrected chi connectivity index (χ3v) is 2.08. The van der Waals surface area contributed by atoms with Crippen LogP contribution in [0, 0.1) is 0 Å². The van der Waals surface area contributed by atoms with E-state index in [-0.39, 0.29) is 0 Å². The van der Waals surface area contributed by atoms with E-state index in [1.54, 1.807) is 6.20 Å². The van der Waals surface area contributed by atoms with Gasteiger partial charge < -0.3 is 0 Å². The molecule has 0 saturated heterocycles. The van der Waals surface area contributed by atoms with Gasteiger partial charge in [0.2, 0.25) is 0 Å². The molecule has 0 atom stereocenters. The summed E-state index contributed by atoms with van der Waals surface area (Å²) in [5.41, 5.74) is 2.04. The fraction of sp³-hybridized carbons (Fsp3) is 0. The molecule has 1 heterocycles. The predicted molar refractivity (Wildman–Crippen MR) is 55.2 cm³/mol. The van der Waals surface area contributed by atoms with Crippen LogP contribution in [0.1, 0.15) is 0 Å². The van der Waals surface area contributed by atoms with Crippen molar-refractivity contribution in [1.29, 1.82) is 0 Å². The standard InChI is InChI=1S/C10H7BrN2/c11-10-12-7-6-9(13-10)8-4-2-1-3-5-8/h1-7H. The lowest BCUT2D eigenvalue weighted by Crippen LogP contribution is -1.85. The van der Waals surface area contributed by atoms with E-state index >= 15 is 0 Å². The van der Waals surface area contributed by atoms with Crippen molar-refractivity contribution < 1.29 is 0 Å². The van der Waals surface area contributed by atoms with E-state index in [0.717, 1.165) is 11.3 Å². The molecule has 0 bridgehead atoms. The van der Waals surface area contributed by atoms with Crippen LogP contribution in [0.25, 0.3) is 11.3 Å². The molecule has 0 unspecified atom stereocenters. The Labute approximate surface area is 84.8 Å². The quantitative estimate of drug-likeness (QED) is 0.710. The molecule has 2 nitrogen and oxygen atoms in total. The van der Waals surface area contributed by atoms with Crippen LogP contribution in [0.3, 0.4) is 0 Å². The van der Waals surface area contributed by atoms with E-state index in [1.807, 2.05) is 36.4 Å². The van der Waals surface area contributed by atoms with E-state index in [2.05, 4.69) is 25.9 Å². The highest BCUT2D eigenvalue weighted by Gasteiger charge is 1.97. The minimum Gasteiger partial charge on any atom is -0.231 e. The third kappa shape index (κ3) is 1.92. The maximum atomic E-state index is 4.25. The van der Waals surface area contributed by atoms with Crippen molar-refractivity contribution in [3.8, 4) is 11.3 Å². The predicted octanol–water partition coefficient (Wildman–Crippen LogP) is 2.91. The Morgan fingerprint density at radius 2 is 1.77 bits per heavy atom. The highest BCUT2D eigenvalue weighted by Crippen LogP contribution is 2.16. The minimum absolute atomic E-state index is 0.619. The molecule has 0 radical (unpaired) electrons. The van der Waals surface area contributed by atoms with Gasteiger partial charge in [-0.25, -0.2) is 9.97 Å². The van der Waals surface area contributed by atoms with Crippen LogP contribution in [0.2, 0.25) is 0 Å². The summed E-state index contributed by atoms with van der Waals surface area (Å²) >= 11 is 3.24. The van der Waals surface area contributed by atoms with E-state index in [9.17, 15) is 0 Å². The minimum atomic E-state index is 0.619. The molecule has 0 saturated carbocycles. The number of halogens is 1.